The molecule has 1 aromatic rings. The van der Waals surface area contributed by atoms with Gasteiger partial charge in [-0.05, 0) is 38.0 Å². The fraction of sp³-hybridized carbons (Fsp3) is 0.529. The molecule has 0 bridgehead atoms. The Labute approximate surface area is 143 Å². The Morgan fingerprint density at radius 1 is 1.12 bits per heavy atom. The van der Waals surface area contributed by atoms with Crippen molar-refractivity contribution >= 4 is 11.9 Å². The van der Waals surface area contributed by atoms with E-state index in [0.29, 0.717) is 6.61 Å². The highest BCUT2D eigenvalue weighted by Crippen LogP contribution is 2.21. The van der Waals surface area contributed by atoms with E-state index in [2.05, 4.69) is 16.9 Å². The molecule has 1 aliphatic heterocycles. The van der Waals surface area contributed by atoms with Crippen LogP contribution in [0.25, 0.3) is 0 Å². The predicted molar refractivity (Wildman–Crippen MR) is 95.4 cm³/mol. The fourth-order valence-electron chi connectivity index (χ4n) is 2.38. The third-order valence-corrected chi connectivity index (χ3v) is 3.62. The molecule has 1 aromatic carbocycles. The summed E-state index contributed by atoms with van der Waals surface area (Å²) < 4.78 is 5.70. The number of guanidine groups is 2. The normalized spacial score (nSPS) is 16.5. The zero-order valence-electron chi connectivity index (χ0n) is 14.7. The van der Waals surface area contributed by atoms with Gasteiger partial charge in [-0.15, -0.1) is 0 Å². The minimum Gasteiger partial charge on any atom is -0.494 e. The second kappa shape index (κ2) is 8.01. The van der Waals surface area contributed by atoms with E-state index in [0.717, 1.165) is 24.3 Å². The van der Waals surface area contributed by atoms with E-state index < -0.39 is 5.66 Å². The van der Waals surface area contributed by atoms with Gasteiger partial charge in [0.25, 0.3) is 0 Å². The van der Waals surface area contributed by atoms with Gasteiger partial charge in [-0.1, -0.05) is 31.9 Å². The number of hydroxylamine groups is 2. The summed E-state index contributed by atoms with van der Waals surface area (Å²) >= 11 is 0. The van der Waals surface area contributed by atoms with E-state index in [1.807, 2.05) is 38.1 Å². The highest BCUT2D eigenvalue weighted by molar-refractivity contribution is 5.95. The summed E-state index contributed by atoms with van der Waals surface area (Å²) in [5.41, 5.74) is 11.8. The summed E-state index contributed by atoms with van der Waals surface area (Å²) in [5.74, 6) is 1.22. The fourth-order valence-corrected chi connectivity index (χ4v) is 2.38. The number of hydrogen-bond acceptors (Lipinski definition) is 7. The van der Waals surface area contributed by atoms with Gasteiger partial charge in [-0.25, -0.2) is 4.99 Å². The molecule has 0 fully saturated rings. The highest BCUT2D eigenvalue weighted by Gasteiger charge is 2.33. The first-order chi connectivity index (χ1) is 11.4. The molecule has 0 atom stereocenters. The molecule has 132 valence electrons. The zero-order valence-corrected chi connectivity index (χ0v) is 14.7. The zero-order chi connectivity index (χ0) is 17.6. The minimum absolute atomic E-state index is 0.155. The Morgan fingerprint density at radius 2 is 1.83 bits per heavy atom. The quantitative estimate of drug-likeness (QED) is 0.712. The lowest BCUT2D eigenvalue weighted by molar-refractivity contribution is -0.166. The van der Waals surface area contributed by atoms with E-state index in [1.54, 1.807) is 0 Å². The lowest BCUT2D eigenvalue weighted by Gasteiger charge is -2.36. The Bertz CT molecular complexity index is 596. The number of rotatable bonds is 8. The van der Waals surface area contributed by atoms with Crippen LogP contribution in [0.2, 0.25) is 0 Å². The predicted octanol–water partition coefficient (Wildman–Crippen LogP) is 2.37. The Kier molecular flexibility index (Phi) is 6.03. The van der Waals surface area contributed by atoms with Crippen molar-refractivity contribution in [1.29, 1.82) is 0 Å². The Hall–Kier alpha value is -2.28. The van der Waals surface area contributed by atoms with Crippen LogP contribution in [-0.4, -0.2) is 29.3 Å². The third kappa shape index (κ3) is 4.86. The van der Waals surface area contributed by atoms with Crippen LogP contribution in [0, 0.1) is 0 Å². The van der Waals surface area contributed by atoms with Crippen molar-refractivity contribution in [3.63, 3.8) is 0 Å². The monoisotopic (exact) mass is 333 g/mol. The van der Waals surface area contributed by atoms with Crippen molar-refractivity contribution in [3.05, 3.63) is 29.8 Å². The maximum atomic E-state index is 5.88. The van der Waals surface area contributed by atoms with Gasteiger partial charge < -0.3 is 16.2 Å². The minimum atomic E-state index is -0.696. The molecule has 0 saturated heterocycles. The molecular weight excluding hydrogens is 306 g/mol. The van der Waals surface area contributed by atoms with Crippen LogP contribution in [0.4, 0.5) is 0 Å². The van der Waals surface area contributed by atoms with Gasteiger partial charge in [0.2, 0.25) is 11.9 Å². The van der Waals surface area contributed by atoms with Crippen LogP contribution in [-0.2, 0) is 11.4 Å². The summed E-state index contributed by atoms with van der Waals surface area (Å²) in [5, 5.41) is 1.47. The molecule has 2 rings (SSSR count). The molecular formula is C17H27N5O2. The second-order valence-electron chi connectivity index (χ2n) is 6.20. The summed E-state index contributed by atoms with van der Waals surface area (Å²) in [6, 6.07) is 7.83. The molecule has 7 heteroatoms. The van der Waals surface area contributed by atoms with E-state index in [1.165, 1.54) is 17.9 Å². The number of ether oxygens (including phenoxy) is 1. The number of nitrogens with two attached hydrogens (primary N) is 2. The molecule has 0 aromatic heterocycles. The number of hydrogen-bond donors (Lipinski definition) is 2. The lowest BCUT2D eigenvalue weighted by atomic mass is 10.2. The van der Waals surface area contributed by atoms with Crippen molar-refractivity contribution in [2.75, 3.05) is 6.61 Å². The second-order valence-corrected chi connectivity index (χ2v) is 6.20. The molecule has 0 aliphatic carbocycles. The van der Waals surface area contributed by atoms with Gasteiger partial charge in [0.15, 0.2) is 5.66 Å². The molecule has 0 amide bonds. The molecule has 0 radical (unpaired) electrons. The molecule has 1 heterocycles. The average molecular weight is 333 g/mol. The van der Waals surface area contributed by atoms with E-state index >= 15 is 0 Å². The van der Waals surface area contributed by atoms with Gasteiger partial charge in [-0.3, -0.25) is 4.84 Å². The summed E-state index contributed by atoms with van der Waals surface area (Å²) in [6.07, 6.45) is 3.45. The van der Waals surface area contributed by atoms with Gasteiger partial charge >= 0.3 is 0 Å². The average Bonchev–Trinajstić information content (AvgIpc) is 2.51. The molecule has 4 N–H and O–H groups in total. The Balaban J connectivity index is 1.87. The van der Waals surface area contributed by atoms with Crippen LogP contribution >= 0.6 is 0 Å². The van der Waals surface area contributed by atoms with Gasteiger partial charge in [-0.2, -0.15) is 10.1 Å². The highest BCUT2D eigenvalue weighted by atomic mass is 16.7. The first-order valence-electron chi connectivity index (χ1n) is 8.27. The third-order valence-electron chi connectivity index (χ3n) is 3.62. The Morgan fingerprint density at radius 3 is 2.46 bits per heavy atom. The van der Waals surface area contributed by atoms with E-state index in [4.69, 9.17) is 21.0 Å². The lowest BCUT2D eigenvalue weighted by Crippen LogP contribution is -2.53. The molecule has 0 saturated carbocycles. The first-order valence-corrected chi connectivity index (χ1v) is 8.27. The van der Waals surface area contributed by atoms with Crippen LogP contribution in [0.5, 0.6) is 5.75 Å². The van der Waals surface area contributed by atoms with Crippen LogP contribution in [0.1, 0.15) is 45.6 Å². The first kappa shape index (κ1) is 18.1. The number of benzene rings is 1. The SMILES string of the molecule is CCCCCOc1ccc(CON2C(N)=NC(N)=NC2(C)C)cc1. The molecule has 0 unspecified atom stereocenters. The number of nitrogens with zero attached hydrogens (tertiary/aromatic N) is 3. The molecule has 0 spiro atoms. The van der Waals surface area contributed by atoms with E-state index in [9.17, 15) is 0 Å². The summed E-state index contributed by atoms with van der Waals surface area (Å²) in [7, 11) is 0. The smallest absolute Gasteiger partial charge is 0.226 e. The van der Waals surface area contributed by atoms with Crippen molar-refractivity contribution in [3.8, 4) is 5.75 Å². The van der Waals surface area contributed by atoms with Gasteiger partial charge in [0.05, 0.1) is 6.61 Å². The van der Waals surface area contributed by atoms with Crippen LogP contribution < -0.4 is 16.2 Å². The van der Waals surface area contributed by atoms with Gasteiger partial charge in [0.1, 0.15) is 12.4 Å². The van der Waals surface area contributed by atoms with Crippen molar-refractivity contribution in [2.24, 2.45) is 21.5 Å². The van der Waals surface area contributed by atoms with E-state index in [-0.39, 0.29) is 11.9 Å². The number of aliphatic imine (C=N–C) groups is 2. The maximum absolute atomic E-state index is 5.88. The topological polar surface area (TPSA) is 98.5 Å². The molecule has 7 nitrogen and oxygen atoms in total. The van der Waals surface area contributed by atoms with Crippen molar-refractivity contribution in [1.82, 2.24) is 5.06 Å². The van der Waals surface area contributed by atoms with Crippen molar-refractivity contribution in [2.45, 2.75) is 52.3 Å². The molecule has 24 heavy (non-hydrogen) atoms. The summed E-state index contributed by atoms with van der Waals surface area (Å²) in [4.78, 5) is 13.9. The van der Waals surface area contributed by atoms with Crippen LogP contribution in [0.15, 0.2) is 34.3 Å². The standard InChI is InChI=1S/C17H27N5O2/c1-4-5-6-11-23-14-9-7-13(8-10-14)12-24-22-16(19)20-15(18)21-17(22,2)3/h7-10H,4-6,11-12H2,1-3H3,(H4,18,19,20,21). The van der Waals surface area contributed by atoms with Crippen molar-refractivity contribution < 1.29 is 9.57 Å². The largest absolute Gasteiger partial charge is 0.494 e. The van der Waals surface area contributed by atoms with Gasteiger partial charge in [0, 0.05) is 0 Å². The number of unbranched alkanes of at least 4 members (excludes halogenated alkanes) is 2. The maximum Gasteiger partial charge on any atom is 0.226 e. The van der Waals surface area contributed by atoms with Crippen LogP contribution in [0.3, 0.4) is 0 Å². The summed E-state index contributed by atoms with van der Waals surface area (Å²) in [6.45, 7) is 6.99. The molecule has 1 aliphatic rings.